The van der Waals surface area contributed by atoms with Crippen LogP contribution in [0, 0.1) is 5.92 Å². The largest absolute Gasteiger partial charge is 0.480 e. The molecule has 0 spiro atoms. The third-order valence-corrected chi connectivity index (χ3v) is 3.69. The molecule has 0 aromatic carbocycles. The van der Waals surface area contributed by atoms with Crippen LogP contribution < -0.4 is 0 Å². The normalized spacial score (nSPS) is 21.6. The Labute approximate surface area is 118 Å². The van der Waals surface area contributed by atoms with E-state index in [4.69, 9.17) is 10.1 Å². The first kappa shape index (κ1) is 16.6. The lowest BCUT2D eigenvalue weighted by Crippen LogP contribution is -2.58. The summed E-state index contributed by atoms with van der Waals surface area (Å²) in [6.45, 7) is 2.27. The van der Waals surface area contributed by atoms with Gasteiger partial charge in [0.15, 0.2) is 0 Å². The number of esters is 1. The van der Waals surface area contributed by atoms with Crippen molar-refractivity contribution in [3.05, 3.63) is 0 Å². The summed E-state index contributed by atoms with van der Waals surface area (Å²) in [6, 6.07) is -0.458. The number of carboxylic acids is 1. The summed E-state index contributed by atoms with van der Waals surface area (Å²) in [6.07, 6.45) is 3.43. The Balaban J connectivity index is 0.000000200. The highest BCUT2D eigenvalue weighted by molar-refractivity contribution is 6.46. The predicted molar refractivity (Wildman–Crippen MR) is 70.9 cm³/mol. The number of carboxylic acid groups (broad SMARTS) is 1. The van der Waals surface area contributed by atoms with Crippen molar-refractivity contribution in [1.29, 1.82) is 0 Å². The molecule has 1 saturated carbocycles. The maximum Gasteiger partial charge on any atom is 0.377 e. The van der Waals surface area contributed by atoms with Crippen molar-refractivity contribution in [2.45, 2.75) is 38.5 Å². The number of rotatable bonds is 4. The zero-order valence-electron chi connectivity index (χ0n) is 11.7. The van der Waals surface area contributed by atoms with Gasteiger partial charge in [-0.1, -0.05) is 6.42 Å². The number of hydrogen-bond acceptors (Lipinski definition) is 6. The van der Waals surface area contributed by atoms with Crippen molar-refractivity contribution in [2.75, 3.05) is 13.7 Å². The van der Waals surface area contributed by atoms with E-state index in [2.05, 4.69) is 4.74 Å². The van der Waals surface area contributed by atoms with Gasteiger partial charge in [-0.2, -0.15) is 0 Å². The molecule has 0 aromatic heterocycles. The van der Waals surface area contributed by atoms with Gasteiger partial charge in [-0.3, -0.25) is 9.59 Å². The average Bonchev–Trinajstić information content (AvgIpc) is 2.23. The molecule has 0 bridgehead atoms. The molecule has 1 unspecified atom stereocenters. The number of methoxy groups -OCH3 is 1. The Kier molecular flexibility index (Phi) is 6.16. The van der Waals surface area contributed by atoms with Crippen molar-refractivity contribution >= 4 is 24.8 Å². The van der Waals surface area contributed by atoms with Crippen molar-refractivity contribution in [3.63, 3.8) is 0 Å². The van der Waals surface area contributed by atoms with Gasteiger partial charge >= 0.3 is 19.0 Å². The fourth-order valence-corrected chi connectivity index (χ4v) is 2.06. The third-order valence-electron chi connectivity index (χ3n) is 3.69. The molecule has 1 aliphatic heterocycles. The second-order valence-electron chi connectivity index (χ2n) is 5.00. The van der Waals surface area contributed by atoms with E-state index in [-0.39, 0.29) is 11.7 Å². The molecule has 20 heavy (non-hydrogen) atoms. The minimum atomic E-state index is -0.841. The Hall–Kier alpha value is -1.41. The molecule has 0 amide bonds. The van der Waals surface area contributed by atoms with Gasteiger partial charge in [0.05, 0.1) is 7.11 Å². The summed E-state index contributed by atoms with van der Waals surface area (Å²) in [5, 5.41) is 17.5. The molecule has 2 fully saturated rings. The van der Waals surface area contributed by atoms with Gasteiger partial charge in [-0.25, -0.2) is 4.79 Å². The van der Waals surface area contributed by atoms with Crippen molar-refractivity contribution in [1.82, 2.24) is 4.81 Å². The number of carbonyl (C=O) groups is 3. The minimum absolute atomic E-state index is 0.0348. The Morgan fingerprint density at radius 2 is 1.85 bits per heavy atom. The van der Waals surface area contributed by atoms with Crippen LogP contribution in [0.25, 0.3) is 0 Å². The number of ketones is 1. The number of carbonyl (C=O) groups excluding carboxylic acids is 2. The molecule has 0 radical (unpaired) electrons. The first-order valence-corrected chi connectivity index (χ1v) is 6.67. The average molecular weight is 285 g/mol. The van der Waals surface area contributed by atoms with E-state index in [0.29, 0.717) is 13.0 Å². The van der Waals surface area contributed by atoms with Crippen LogP contribution in [-0.2, 0) is 19.1 Å². The van der Waals surface area contributed by atoms with Gasteiger partial charge in [0.25, 0.3) is 0 Å². The highest BCUT2D eigenvalue weighted by Gasteiger charge is 2.37. The molecule has 112 valence electrons. The first-order chi connectivity index (χ1) is 9.38. The monoisotopic (exact) mass is 285 g/mol. The molecular formula is C12H20BNO6. The second kappa shape index (κ2) is 7.40. The van der Waals surface area contributed by atoms with Gasteiger partial charge < -0.3 is 19.7 Å². The minimum Gasteiger partial charge on any atom is -0.480 e. The van der Waals surface area contributed by atoms with Crippen LogP contribution in [0.15, 0.2) is 0 Å². The topological polar surface area (TPSA) is 104 Å². The molecule has 2 aliphatic rings. The zero-order valence-corrected chi connectivity index (χ0v) is 11.7. The highest BCUT2D eigenvalue weighted by atomic mass is 16.5. The lowest BCUT2D eigenvalue weighted by molar-refractivity contribution is -0.154. The number of nitrogens with zero attached hydrogens (tertiary/aromatic N) is 1. The summed E-state index contributed by atoms with van der Waals surface area (Å²) in [7, 11) is 0.605. The molecule has 2 N–H and O–H groups in total. The fourth-order valence-electron chi connectivity index (χ4n) is 2.06. The lowest BCUT2D eigenvalue weighted by Gasteiger charge is -2.38. The summed E-state index contributed by atoms with van der Waals surface area (Å²) >= 11 is 0. The van der Waals surface area contributed by atoms with Crippen molar-refractivity contribution in [2.24, 2.45) is 5.92 Å². The van der Waals surface area contributed by atoms with E-state index in [1.807, 2.05) is 0 Å². The summed E-state index contributed by atoms with van der Waals surface area (Å²) in [4.78, 5) is 33.3. The summed E-state index contributed by atoms with van der Waals surface area (Å²) < 4.78 is 4.28. The van der Waals surface area contributed by atoms with Crippen LogP contribution in [0.2, 0.25) is 6.82 Å². The summed E-state index contributed by atoms with van der Waals surface area (Å²) in [5.74, 6) is -1.92. The molecule has 0 aromatic rings. The molecule has 1 saturated heterocycles. The molecule has 7 nitrogen and oxygen atoms in total. The fraction of sp³-hybridized carbons (Fsp3) is 0.750. The van der Waals surface area contributed by atoms with E-state index in [1.165, 1.54) is 7.11 Å². The summed E-state index contributed by atoms with van der Waals surface area (Å²) in [5.41, 5.74) is 0. The van der Waals surface area contributed by atoms with Crippen LogP contribution in [0.4, 0.5) is 0 Å². The van der Waals surface area contributed by atoms with E-state index in [1.54, 1.807) is 11.6 Å². The first-order valence-electron chi connectivity index (χ1n) is 6.67. The smallest absolute Gasteiger partial charge is 0.377 e. The maximum atomic E-state index is 10.9. The van der Waals surface area contributed by atoms with Crippen LogP contribution >= 0.6 is 0 Å². The van der Waals surface area contributed by atoms with E-state index in [9.17, 15) is 14.4 Å². The molecule has 1 atom stereocenters. The van der Waals surface area contributed by atoms with Gasteiger partial charge in [0.2, 0.25) is 5.78 Å². The van der Waals surface area contributed by atoms with Gasteiger partial charge in [0, 0.05) is 5.92 Å². The lowest BCUT2D eigenvalue weighted by atomic mass is 9.78. The van der Waals surface area contributed by atoms with Crippen molar-refractivity contribution in [3.8, 4) is 0 Å². The molecule has 1 heterocycles. The molecule has 8 heteroatoms. The maximum absolute atomic E-state index is 10.9. The van der Waals surface area contributed by atoms with Crippen LogP contribution in [0.5, 0.6) is 0 Å². The number of hydrogen-bond donors (Lipinski definition) is 2. The van der Waals surface area contributed by atoms with Crippen LogP contribution in [0.3, 0.4) is 0 Å². The van der Waals surface area contributed by atoms with Crippen LogP contribution in [0.1, 0.15) is 25.7 Å². The molecule has 2 rings (SSSR count). The van der Waals surface area contributed by atoms with E-state index >= 15 is 0 Å². The zero-order chi connectivity index (χ0) is 15.3. The SMILES string of the molecule is CB(O)N1CCC1C(=O)O.COC(=O)C(=O)C1CCC1. The van der Waals surface area contributed by atoms with E-state index in [0.717, 1.165) is 19.3 Å². The third kappa shape index (κ3) is 4.04. The highest BCUT2D eigenvalue weighted by Crippen LogP contribution is 2.27. The predicted octanol–water partition coefficient (Wildman–Crippen LogP) is -0.216. The Morgan fingerprint density at radius 1 is 1.25 bits per heavy atom. The van der Waals surface area contributed by atoms with Gasteiger partial charge in [-0.05, 0) is 32.6 Å². The number of aliphatic carboxylic acids is 1. The van der Waals surface area contributed by atoms with Gasteiger partial charge in [0.1, 0.15) is 6.04 Å². The molecular weight excluding hydrogens is 265 g/mol. The van der Waals surface area contributed by atoms with Crippen molar-refractivity contribution < 1.29 is 29.3 Å². The van der Waals surface area contributed by atoms with E-state index < -0.39 is 25.0 Å². The number of ether oxygens (including phenoxy) is 1. The van der Waals surface area contributed by atoms with Gasteiger partial charge in [-0.15, -0.1) is 0 Å². The Morgan fingerprint density at radius 3 is 2.05 bits per heavy atom. The Bertz CT molecular complexity index is 382. The standard InChI is InChI=1S/C7H10O3.C5H10BNO3/c1-10-7(9)6(8)5-3-2-4-5;1-6(10)7-3-2-4(7)5(8)9/h5H,2-4H2,1H3;4,10H,2-3H2,1H3,(H,8,9). The quantitative estimate of drug-likeness (QED) is 0.418. The van der Waals surface area contributed by atoms with Crippen LogP contribution in [-0.4, -0.2) is 59.4 Å². The second-order valence-corrected chi connectivity index (χ2v) is 5.00. The number of Topliss-reactive ketones (excluding diaryl/α,β-unsaturated/α-hetero) is 1. The molecule has 1 aliphatic carbocycles.